The summed E-state index contributed by atoms with van der Waals surface area (Å²) in [5, 5.41) is 10.5. The van der Waals surface area contributed by atoms with Crippen LogP contribution in [0.15, 0.2) is 18.2 Å². The molecule has 1 rings (SSSR count). The molecule has 0 unspecified atom stereocenters. The summed E-state index contributed by atoms with van der Waals surface area (Å²) in [7, 11) is 2.63. The van der Waals surface area contributed by atoms with Crippen LogP contribution in [0.25, 0.3) is 0 Å². The molecule has 1 N–H and O–H groups in total. The third kappa shape index (κ3) is 2.45. The second kappa shape index (κ2) is 5.08. The first-order valence-corrected chi connectivity index (χ1v) is 4.26. The molecular weight excluding hydrogens is 216 g/mol. The van der Waals surface area contributed by atoms with Crippen molar-refractivity contribution in [2.75, 3.05) is 14.2 Å². The van der Waals surface area contributed by atoms with Crippen LogP contribution in [0.1, 0.15) is 10.4 Å². The average Bonchev–Trinajstić information content (AvgIpc) is 2.28. The Balaban J connectivity index is 3.16. The van der Waals surface area contributed by atoms with Gasteiger partial charge in [-0.2, -0.15) is 0 Å². The highest BCUT2D eigenvalue weighted by Gasteiger charge is 2.17. The van der Waals surface area contributed by atoms with Crippen LogP contribution in [0.4, 0.5) is 5.69 Å². The molecule has 86 valence electrons. The summed E-state index contributed by atoms with van der Waals surface area (Å²) in [5.74, 6) is -0.372. The maximum Gasteiger partial charge on any atom is 0.278 e. The summed E-state index contributed by atoms with van der Waals surface area (Å²) in [6.45, 7) is 0. The molecule has 0 aliphatic heterocycles. The first kappa shape index (κ1) is 11.9. The quantitative estimate of drug-likeness (QED) is 0.608. The molecule has 7 nitrogen and oxygen atoms in total. The smallest absolute Gasteiger partial charge is 0.278 e. The van der Waals surface area contributed by atoms with Crippen molar-refractivity contribution in [2.24, 2.45) is 0 Å². The first-order valence-electron chi connectivity index (χ1n) is 4.26. The number of hydroxylamine groups is 1. The van der Waals surface area contributed by atoms with Gasteiger partial charge >= 0.3 is 0 Å². The van der Waals surface area contributed by atoms with Gasteiger partial charge in [0.2, 0.25) is 0 Å². The van der Waals surface area contributed by atoms with E-state index in [-0.39, 0.29) is 17.0 Å². The predicted molar refractivity (Wildman–Crippen MR) is 54.1 cm³/mol. The molecule has 7 heteroatoms. The minimum Gasteiger partial charge on any atom is -0.496 e. The second-order valence-electron chi connectivity index (χ2n) is 2.78. The third-order valence-electron chi connectivity index (χ3n) is 1.83. The Bertz CT molecular complexity index is 418. The molecule has 0 bridgehead atoms. The standard InChI is InChI=1S/C9H10N2O5/c1-15-8-4-3-6(11(13)14)5-7(8)9(12)10-16-2/h3-5H,1-2H3,(H,10,12). The highest BCUT2D eigenvalue weighted by molar-refractivity contribution is 5.96. The molecule has 1 amide bonds. The van der Waals surface area contributed by atoms with Gasteiger partial charge in [-0.1, -0.05) is 0 Å². The topological polar surface area (TPSA) is 90.7 Å². The molecule has 0 saturated carbocycles. The lowest BCUT2D eigenvalue weighted by Crippen LogP contribution is -2.22. The van der Waals surface area contributed by atoms with E-state index < -0.39 is 10.8 Å². The van der Waals surface area contributed by atoms with Crippen molar-refractivity contribution >= 4 is 11.6 Å². The fourth-order valence-electron chi connectivity index (χ4n) is 1.13. The molecule has 0 fully saturated rings. The highest BCUT2D eigenvalue weighted by atomic mass is 16.6. The van der Waals surface area contributed by atoms with Gasteiger partial charge in [-0.05, 0) is 6.07 Å². The zero-order chi connectivity index (χ0) is 12.1. The summed E-state index contributed by atoms with van der Waals surface area (Å²) in [6.07, 6.45) is 0. The van der Waals surface area contributed by atoms with Crippen LogP contribution in [-0.4, -0.2) is 25.1 Å². The van der Waals surface area contributed by atoms with Crippen molar-refractivity contribution in [2.45, 2.75) is 0 Å². The minimum absolute atomic E-state index is 0.0403. The van der Waals surface area contributed by atoms with E-state index in [1.54, 1.807) is 0 Å². The number of nitrogens with zero attached hydrogens (tertiary/aromatic N) is 1. The number of carbonyl (C=O) groups is 1. The Hall–Kier alpha value is -2.15. The molecule has 1 aromatic rings. The van der Waals surface area contributed by atoms with Crippen molar-refractivity contribution in [1.82, 2.24) is 5.48 Å². The van der Waals surface area contributed by atoms with Gasteiger partial charge < -0.3 is 4.74 Å². The lowest BCUT2D eigenvalue weighted by Gasteiger charge is -2.07. The largest absolute Gasteiger partial charge is 0.496 e. The van der Waals surface area contributed by atoms with Gasteiger partial charge in [0, 0.05) is 12.1 Å². The number of nitro benzene ring substituents is 1. The Morgan fingerprint density at radius 3 is 2.62 bits per heavy atom. The number of benzene rings is 1. The van der Waals surface area contributed by atoms with Crippen LogP contribution in [0, 0.1) is 10.1 Å². The van der Waals surface area contributed by atoms with Gasteiger partial charge in [0.15, 0.2) is 0 Å². The van der Waals surface area contributed by atoms with Crippen molar-refractivity contribution in [3.63, 3.8) is 0 Å². The number of hydrogen-bond acceptors (Lipinski definition) is 5. The molecule has 0 radical (unpaired) electrons. The molecule has 0 heterocycles. The van der Waals surface area contributed by atoms with Gasteiger partial charge in [-0.3, -0.25) is 19.7 Å². The van der Waals surface area contributed by atoms with E-state index in [4.69, 9.17) is 4.74 Å². The fraction of sp³-hybridized carbons (Fsp3) is 0.222. The monoisotopic (exact) mass is 226 g/mol. The van der Waals surface area contributed by atoms with Crippen LogP contribution in [0.2, 0.25) is 0 Å². The van der Waals surface area contributed by atoms with Crippen LogP contribution < -0.4 is 10.2 Å². The summed E-state index contributed by atoms with van der Waals surface area (Å²) >= 11 is 0. The van der Waals surface area contributed by atoms with Crippen LogP contribution >= 0.6 is 0 Å². The molecule has 0 aliphatic rings. The maximum absolute atomic E-state index is 11.5. The van der Waals surface area contributed by atoms with Crippen molar-refractivity contribution < 1.29 is 19.3 Å². The normalized spacial score (nSPS) is 9.62. The van der Waals surface area contributed by atoms with Gasteiger partial charge in [-0.15, -0.1) is 0 Å². The minimum atomic E-state index is -0.608. The number of nitrogens with one attached hydrogen (secondary N) is 1. The zero-order valence-electron chi connectivity index (χ0n) is 8.72. The molecule has 0 aliphatic carbocycles. The van der Waals surface area contributed by atoms with Crippen LogP contribution in [0.5, 0.6) is 5.75 Å². The van der Waals surface area contributed by atoms with E-state index in [2.05, 4.69) is 10.3 Å². The molecule has 16 heavy (non-hydrogen) atoms. The number of nitro groups is 1. The van der Waals surface area contributed by atoms with Gasteiger partial charge in [0.05, 0.1) is 24.7 Å². The van der Waals surface area contributed by atoms with Crippen molar-refractivity contribution in [3.05, 3.63) is 33.9 Å². The number of rotatable bonds is 4. The SMILES string of the molecule is CONC(=O)c1cc([N+](=O)[O-])ccc1OC. The van der Waals surface area contributed by atoms with E-state index in [9.17, 15) is 14.9 Å². The van der Waals surface area contributed by atoms with E-state index >= 15 is 0 Å². The van der Waals surface area contributed by atoms with Crippen LogP contribution in [-0.2, 0) is 4.84 Å². The predicted octanol–water partition coefficient (Wildman–Crippen LogP) is 0.895. The van der Waals surface area contributed by atoms with E-state index in [1.807, 2.05) is 0 Å². The zero-order valence-corrected chi connectivity index (χ0v) is 8.72. The van der Waals surface area contributed by atoms with Gasteiger partial charge in [0.1, 0.15) is 5.75 Å². The summed E-state index contributed by atoms with van der Waals surface area (Å²) in [6, 6.07) is 3.72. The molecule has 0 saturated heterocycles. The second-order valence-corrected chi connectivity index (χ2v) is 2.78. The Morgan fingerprint density at radius 1 is 1.44 bits per heavy atom. The average molecular weight is 226 g/mol. The first-order chi connectivity index (χ1) is 7.60. The van der Waals surface area contributed by atoms with Crippen molar-refractivity contribution in [1.29, 1.82) is 0 Å². The molecular formula is C9H10N2O5. The number of ether oxygens (including phenoxy) is 1. The maximum atomic E-state index is 11.5. The molecule has 0 spiro atoms. The molecule has 1 aromatic carbocycles. The number of non-ortho nitro benzene ring substituents is 1. The van der Waals surface area contributed by atoms with Crippen molar-refractivity contribution in [3.8, 4) is 5.75 Å². The number of hydrogen-bond donors (Lipinski definition) is 1. The molecule has 0 atom stereocenters. The van der Waals surface area contributed by atoms with Gasteiger partial charge in [-0.25, -0.2) is 5.48 Å². The number of carbonyl (C=O) groups excluding carboxylic acids is 1. The summed E-state index contributed by atoms with van der Waals surface area (Å²) in [5.41, 5.74) is 1.91. The summed E-state index contributed by atoms with van der Waals surface area (Å²) < 4.78 is 4.91. The van der Waals surface area contributed by atoms with Crippen LogP contribution in [0.3, 0.4) is 0 Å². The van der Waals surface area contributed by atoms with E-state index in [0.29, 0.717) is 0 Å². The van der Waals surface area contributed by atoms with E-state index in [1.165, 1.54) is 26.4 Å². The summed E-state index contributed by atoms with van der Waals surface area (Å²) in [4.78, 5) is 25.8. The Morgan fingerprint density at radius 2 is 2.12 bits per heavy atom. The highest BCUT2D eigenvalue weighted by Crippen LogP contribution is 2.23. The lowest BCUT2D eigenvalue weighted by molar-refractivity contribution is -0.384. The number of methoxy groups -OCH3 is 1. The lowest BCUT2D eigenvalue weighted by atomic mass is 10.1. The fourth-order valence-corrected chi connectivity index (χ4v) is 1.13. The van der Waals surface area contributed by atoms with Gasteiger partial charge in [0.25, 0.3) is 11.6 Å². The number of amides is 1. The molecule has 0 aromatic heterocycles. The Kier molecular flexibility index (Phi) is 3.78. The third-order valence-corrected chi connectivity index (χ3v) is 1.83. The van der Waals surface area contributed by atoms with E-state index in [0.717, 1.165) is 6.07 Å². The Labute approximate surface area is 91.1 Å².